The van der Waals surface area contributed by atoms with Crippen LogP contribution < -0.4 is 5.11 Å². The summed E-state index contributed by atoms with van der Waals surface area (Å²) in [6.45, 7) is 5.47. The van der Waals surface area contributed by atoms with Crippen molar-refractivity contribution in [1.82, 2.24) is 0 Å². The van der Waals surface area contributed by atoms with Crippen molar-refractivity contribution in [3.05, 3.63) is 0 Å². The number of hydrogen-bond acceptors (Lipinski definition) is 2. The van der Waals surface area contributed by atoms with Crippen LogP contribution in [0.3, 0.4) is 0 Å². The van der Waals surface area contributed by atoms with E-state index in [1.54, 1.807) is 0 Å². The van der Waals surface area contributed by atoms with E-state index in [-0.39, 0.29) is 0 Å². The first-order valence-corrected chi connectivity index (χ1v) is 4.77. The van der Waals surface area contributed by atoms with E-state index in [4.69, 9.17) is 9.90 Å². The monoisotopic (exact) mass is 144 g/mol. The Morgan fingerprint density at radius 3 is 1.67 bits per heavy atom. The zero-order chi connectivity index (χ0) is 7.70. The zero-order valence-electron chi connectivity index (χ0n) is 6.31. The molecule has 52 valence electrons. The number of aliphatic carboxylic acids is 1. The molecule has 0 spiro atoms. The van der Waals surface area contributed by atoms with E-state index in [9.17, 15) is 0 Å². The van der Waals surface area contributed by atoms with Crippen LogP contribution in [0.5, 0.6) is 0 Å². The summed E-state index contributed by atoms with van der Waals surface area (Å²) in [7, 11) is 0. The van der Waals surface area contributed by atoms with Crippen LogP contribution in [-0.4, -0.2) is 21.2 Å². The summed E-state index contributed by atoms with van der Waals surface area (Å²) in [5.74, 6) is -1.08. The zero-order valence-corrected chi connectivity index (χ0v) is 7.46. The Bertz CT molecular complexity index is 58.1. The molecular formula is C6H13AlO2. The standard InChI is InChI=1S/C2H4O2.2C2H5.Al/c1-2(3)4;2*1-2;/h1H3,(H,3,4);2*1H2,2H3;/q;;;+1/p-1. The first-order chi connectivity index (χ1) is 4.15. The van der Waals surface area contributed by atoms with Crippen LogP contribution in [0.25, 0.3) is 0 Å². The molecule has 0 aliphatic heterocycles. The molecule has 0 saturated carbocycles. The first-order valence-electron chi connectivity index (χ1n) is 3.14. The Morgan fingerprint density at radius 2 is 1.67 bits per heavy atom. The molecule has 0 rings (SSSR count). The second kappa shape index (κ2) is 10.9. The van der Waals surface area contributed by atoms with Gasteiger partial charge in [0.2, 0.25) is 0 Å². The average Bonchev–Trinajstić information content (AvgIpc) is 1.66. The third-order valence-electron chi connectivity index (χ3n) is 0.577. The molecule has 0 aromatic carbocycles. The second-order valence-corrected chi connectivity index (χ2v) is 3.81. The Balaban J connectivity index is 0. The minimum atomic E-state index is -1.08. The van der Waals surface area contributed by atoms with Gasteiger partial charge in [0.05, 0.1) is 0 Å². The Hall–Kier alpha value is 0.00247. The number of carbonyl (C=O) groups is 1. The predicted octanol–water partition coefficient (Wildman–Crippen LogP) is 0.323. The van der Waals surface area contributed by atoms with Gasteiger partial charge in [-0.25, -0.2) is 0 Å². The molecule has 0 radical (unpaired) electrons. The van der Waals surface area contributed by atoms with E-state index in [0.717, 1.165) is 22.1 Å². The van der Waals surface area contributed by atoms with Gasteiger partial charge in [-0.05, 0) is 6.92 Å². The molecule has 0 aromatic rings. The third kappa shape index (κ3) is 71.9. The average molecular weight is 144 g/mol. The molecule has 0 bridgehead atoms. The Kier molecular flexibility index (Phi) is 14.2. The fourth-order valence-corrected chi connectivity index (χ4v) is 0.866. The predicted molar refractivity (Wildman–Crippen MR) is 37.4 cm³/mol. The van der Waals surface area contributed by atoms with Crippen LogP contribution in [0.4, 0.5) is 0 Å². The van der Waals surface area contributed by atoms with Crippen molar-refractivity contribution in [1.29, 1.82) is 0 Å². The van der Waals surface area contributed by atoms with Gasteiger partial charge in [-0.2, -0.15) is 0 Å². The molecule has 3 heteroatoms. The van der Waals surface area contributed by atoms with E-state index in [1.807, 2.05) is 0 Å². The topological polar surface area (TPSA) is 40.1 Å². The molecule has 0 aliphatic rings. The SMILES string of the molecule is CC(=O)[O-].C[CH2][Al+][CH2]C. The normalized spacial score (nSPS) is 6.56. The van der Waals surface area contributed by atoms with Crippen LogP contribution in [0, 0.1) is 0 Å². The maximum absolute atomic E-state index is 8.89. The number of carboxylic acids is 1. The first kappa shape index (κ1) is 11.8. The molecule has 0 atom stereocenters. The van der Waals surface area contributed by atoms with Gasteiger partial charge in [-0.15, -0.1) is 0 Å². The number of hydrogen-bond donors (Lipinski definition) is 0. The van der Waals surface area contributed by atoms with Gasteiger partial charge >= 0.3 is 39.6 Å². The van der Waals surface area contributed by atoms with Crippen molar-refractivity contribution in [2.24, 2.45) is 0 Å². The molecule has 0 amide bonds. The van der Waals surface area contributed by atoms with Gasteiger partial charge < -0.3 is 9.90 Å². The number of carbonyl (C=O) groups excluding carboxylic acids is 1. The van der Waals surface area contributed by atoms with Crippen molar-refractivity contribution >= 4 is 21.2 Å². The van der Waals surface area contributed by atoms with Crippen LogP contribution >= 0.6 is 0 Å². The fraction of sp³-hybridized carbons (Fsp3) is 0.833. The summed E-state index contributed by atoms with van der Waals surface area (Å²) < 4.78 is 0. The molecule has 0 aliphatic carbocycles. The van der Waals surface area contributed by atoms with Crippen molar-refractivity contribution in [3.63, 3.8) is 0 Å². The molecule has 0 N–H and O–H groups in total. The van der Waals surface area contributed by atoms with Crippen LogP contribution in [0.1, 0.15) is 20.8 Å². The van der Waals surface area contributed by atoms with Gasteiger partial charge in [-0.3, -0.25) is 0 Å². The molecular weight excluding hydrogens is 131 g/mol. The van der Waals surface area contributed by atoms with Gasteiger partial charge in [-0.1, -0.05) is 0 Å². The van der Waals surface area contributed by atoms with Crippen LogP contribution in [0.15, 0.2) is 0 Å². The molecule has 0 heterocycles. The molecule has 0 fully saturated rings. The van der Waals surface area contributed by atoms with E-state index in [1.165, 1.54) is 10.6 Å². The van der Waals surface area contributed by atoms with Crippen LogP contribution in [-0.2, 0) is 4.79 Å². The van der Waals surface area contributed by atoms with Crippen LogP contribution in [0.2, 0.25) is 10.6 Å². The molecule has 0 saturated heterocycles. The van der Waals surface area contributed by atoms with E-state index in [0.29, 0.717) is 0 Å². The third-order valence-corrected chi connectivity index (χ3v) is 1.73. The number of carboxylic acid groups (broad SMARTS) is 1. The fourth-order valence-electron chi connectivity index (χ4n) is 0.289. The summed E-state index contributed by atoms with van der Waals surface area (Å²) in [6, 6.07) is 0. The van der Waals surface area contributed by atoms with E-state index < -0.39 is 5.97 Å². The Morgan fingerprint density at radius 1 is 1.44 bits per heavy atom. The van der Waals surface area contributed by atoms with Crippen molar-refractivity contribution in [2.45, 2.75) is 31.3 Å². The minimum absolute atomic E-state index is 0.815. The second-order valence-electron chi connectivity index (χ2n) is 1.60. The van der Waals surface area contributed by atoms with Gasteiger partial charge in [0.15, 0.2) is 0 Å². The summed E-state index contributed by atoms with van der Waals surface area (Å²) >= 11 is 0.815. The molecule has 9 heavy (non-hydrogen) atoms. The quantitative estimate of drug-likeness (QED) is 0.524. The Labute approximate surface area is 63.0 Å². The van der Waals surface area contributed by atoms with Gasteiger partial charge in [0, 0.05) is 5.97 Å². The van der Waals surface area contributed by atoms with Gasteiger partial charge in [0.1, 0.15) is 0 Å². The van der Waals surface area contributed by atoms with Crippen molar-refractivity contribution in [2.75, 3.05) is 0 Å². The van der Waals surface area contributed by atoms with Crippen molar-refractivity contribution < 1.29 is 9.90 Å². The molecule has 2 nitrogen and oxygen atoms in total. The van der Waals surface area contributed by atoms with E-state index in [2.05, 4.69) is 13.8 Å². The van der Waals surface area contributed by atoms with Gasteiger partial charge in [0.25, 0.3) is 0 Å². The number of rotatable bonds is 2. The molecule has 0 aromatic heterocycles. The summed E-state index contributed by atoms with van der Waals surface area (Å²) in [6.07, 6.45) is 0. The summed E-state index contributed by atoms with van der Waals surface area (Å²) in [4.78, 5) is 8.89. The van der Waals surface area contributed by atoms with Crippen molar-refractivity contribution in [3.8, 4) is 0 Å². The summed E-state index contributed by atoms with van der Waals surface area (Å²) in [5, 5.41) is 11.7. The molecule has 0 unspecified atom stereocenters. The summed E-state index contributed by atoms with van der Waals surface area (Å²) in [5.41, 5.74) is 0. The maximum atomic E-state index is 8.89. The van der Waals surface area contributed by atoms with E-state index >= 15 is 0 Å².